The van der Waals surface area contributed by atoms with E-state index in [4.69, 9.17) is 4.79 Å². The topological polar surface area (TPSA) is 174 Å². The Morgan fingerprint density at radius 2 is 1.61 bits per heavy atom. The van der Waals surface area contributed by atoms with Crippen LogP contribution in [-0.2, 0) is 33.5 Å². The van der Waals surface area contributed by atoms with Crippen LogP contribution >= 0.6 is 0 Å². The number of rotatable bonds is 9. The zero-order chi connectivity index (χ0) is 25.1. The predicted octanol–water partition coefficient (Wildman–Crippen LogP) is -0.146. The average Bonchev–Trinajstić information content (AvgIpc) is 2.73. The number of ketones is 2. The highest BCUT2D eigenvalue weighted by Crippen LogP contribution is 1.98. The molecule has 0 saturated carbocycles. The quantitative estimate of drug-likeness (QED) is 0.278. The van der Waals surface area contributed by atoms with Gasteiger partial charge in [0.15, 0.2) is 0 Å². The normalized spacial score (nSPS) is 9.97. The maximum absolute atomic E-state index is 10.7. The van der Waals surface area contributed by atoms with E-state index < -0.39 is 0 Å². The molecule has 0 radical (unpaired) electrons. The minimum atomic E-state index is -0.107. The summed E-state index contributed by atoms with van der Waals surface area (Å²) in [6.45, 7) is 6.49. The van der Waals surface area contributed by atoms with Gasteiger partial charge in [-0.2, -0.15) is 0 Å². The Kier molecular flexibility index (Phi) is 33.7. The Balaban J connectivity index is -0.000000161. The standard InChI is InChI=1S/C8H14O2.C6H12N2O2.C3H5NO.C2H4O2.CH5N/c1-3-8(10)6-4-5-7(2)9;1-5(9)8-4-3-6(10)7-2;5-3-1-2-4-3;1-4-2-3;1-2/h3-6H2,1-2H3;3-4H2,1-2H3,(H,7,10)(H,8,9);1-2H2,(H,4,5);2H,1H3;2H2,1H3. The van der Waals surface area contributed by atoms with Crippen LogP contribution in [0, 0.1) is 0 Å². The Bertz CT molecular complexity index is 474. The summed E-state index contributed by atoms with van der Waals surface area (Å²) in [6.07, 6.45) is 3.51. The van der Waals surface area contributed by atoms with E-state index in [1.807, 2.05) is 6.92 Å². The van der Waals surface area contributed by atoms with Crippen molar-refractivity contribution < 1.29 is 33.5 Å². The number of carbonyl (C=O) groups is 6. The number of ether oxygens (including phenoxy) is 1. The second kappa shape index (κ2) is 29.4. The van der Waals surface area contributed by atoms with Gasteiger partial charge >= 0.3 is 0 Å². The molecule has 1 fully saturated rings. The fraction of sp³-hybridized carbons (Fsp3) is 0.700. The van der Waals surface area contributed by atoms with Crippen molar-refractivity contribution in [3.05, 3.63) is 0 Å². The molecule has 1 saturated heterocycles. The molecule has 1 rings (SSSR count). The molecule has 1 aliphatic rings. The van der Waals surface area contributed by atoms with Gasteiger partial charge in [-0.1, -0.05) is 6.92 Å². The van der Waals surface area contributed by atoms with Crippen LogP contribution in [0.5, 0.6) is 0 Å². The van der Waals surface area contributed by atoms with E-state index in [0.29, 0.717) is 38.7 Å². The average molecular weight is 449 g/mol. The molecule has 11 nitrogen and oxygen atoms in total. The van der Waals surface area contributed by atoms with E-state index in [1.54, 1.807) is 14.0 Å². The first-order chi connectivity index (χ1) is 14.6. The number of amides is 3. The Labute approximate surface area is 185 Å². The zero-order valence-corrected chi connectivity index (χ0v) is 19.7. The van der Waals surface area contributed by atoms with E-state index >= 15 is 0 Å². The SMILES string of the molecule is CCC(=O)CCCC(C)=O.CN.CNC(=O)CCNC(C)=O.COC=O.O=C1CCN1. The van der Waals surface area contributed by atoms with E-state index in [9.17, 15) is 24.0 Å². The molecule has 0 bridgehead atoms. The molecule has 0 aliphatic carbocycles. The third-order valence-corrected chi connectivity index (χ3v) is 3.15. The molecule has 0 unspecified atom stereocenters. The highest BCUT2D eigenvalue weighted by molar-refractivity contribution is 5.81. The van der Waals surface area contributed by atoms with Crippen molar-refractivity contribution in [2.75, 3.05) is 34.3 Å². The highest BCUT2D eigenvalue weighted by Gasteiger charge is 2.07. The highest BCUT2D eigenvalue weighted by atomic mass is 16.5. The predicted molar refractivity (Wildman–Crippen MR) is 118 cm³/mol. The molecule has 182 valence electrons. The van der Waals surface area contributed by atoms with Gasteiger partial charge in [0.25, 0.3) is 6.47 Å². The van der Waals surface area contributed by atoms with Crippen molar-refractivity contribution in [2.24, 2.45) is 5.73 Å². The summed E-state index contributed by atoms with van der Waals surface area (Å²) in [5.41, 5.74) is 4.50. The molecule has 0 aromatic carbocycles. The fourth-order valence-corrected chi connectivity index (χ4v) is 1.42. The summed E-state index contributed by atoms with van der Waals surface area (Å²) in [5, 5.41) is 7.53. The summed E-state index contributed by atoms with van der Waals surface area (Å²) in [7, 11) is 4.38. The molecule has 1 aliphatic heterocycles. The summed E-state index contributed by atoms with van der Waals surface area (Å²) in [6, 6.07) is 0. The van der Waals surface area contributed by atoms with Crippen molar-refractivity contribution in [1.29, 1.82) is 0 Å². The number of nitrogens with two attached hydrogens (primary N) is 1. The van der Waals surface area contributed by atoms with Gasteiger partial charge in [-0.15, -0.1) is 0 Å². The number of carbonyl (C=O) groups excluding carboxylic acids is 6. The summed E-state index contributed by atoms with van der Waals surface area (Å²) < 4.78 is 3.86. The fourth-order valence-electron chi connectivity index (χ4n) is 1.42. The number of hydrogen-bond acceptors (Lipinski definition) is 8. The second-order valence-corrected chi connectivity index (χ2v) is 5.79. The van der Waals surface area contributed by atoms with Crippen molar-refractivity contribution in [2.45, 2.75) is 59.3 Å². The van der Waals surface area contributed by atoms with Crippen molar-refractivity contribution in [1.82, 2.24) is 16.0 Å². The monoisotopic (exact) mass is 448 g/mol. The molecule has 0 atom stereocenters. The first kappa shape index (κ1) is 35.6. The van der Waals surface area contributed by atoms with E-state index in [0.717, 1.165) is 19.4 Å². The minimum absolute atomic E-state index is 0.0613. The van der Waals surface area contributed by atoms with Gasteiger partial charge in [0.05, 0.1) is 7.11 Å². The van der Waals surface area contributed by atoms with Crippen LogP contribution in [0.2, 0.25) is 0 Å². The molecule has 3 amide bonds. The molecule has 0 spiro atoms. The van der Waals surface area contributed by atoms with Crippen LogP contribution in [0.3, 0.4) is 0 Å². The third-order valence-electron chi connectivity index (χ3n) is 3.15. The summed E-state index contributed by atoms with van der Waals surface area (Å²) in [5.74, 6) is 0.438. The van der Waals surface area contributed by atoms with Crippen molar-refractivity contribution in [3.8, 4) is 0 Å². The van der Waals surface area contributed by atoms with E-state index in [-0.39, 0.29) is 29.3 Å². The van der Waals surface area contributed by atoms with Gasteiger partial charge in [0.1, 0.15) is 11.6 Å². The maximum atomic E-state index is 10.7. The minimum Gasteiger partial charge on any atom is -0.471 e. The van der Waals surface area contributed by atoms with Crippen molar-refractivity contribution >= 4 is 35.8 Å². The van der Waals surface area contributed by atoms with Gasteiger partial charge in [0.2, 0.25) is 17.7 Å². The number of Topliss-reactive ketones (excluding diaryl/α,β-unsaturated/α-hetero) is 2. The summed E-state index contributed by atoms with van der Waals surface area (Å²) in [4.78, 5) is 60.6. The van der Waals surface area contributed by atoms with Gasteiger partial charge in [-0.3, -0.25) is 24.0 Å². The molecular formula is C20H40N4O7. The lowest BCUT2D eigenvalue weighted by atomic mass is 10.1. The number of nitrogens with one attached hydrogen (secondary N) is 3. The molecule has 31 heavy (non-hydrogen) atoms. The molecule has 0 aromatic heterocycles. The van der Waals surface area contributed by atoms with Crippen LogP contribution in [0.15, 0.2) is 0 Å². The maximum Gasteiger partial charge on any atom is 0.292 e. The first-order valence-electron chi connectivity index (χ1n) is 9.91. The number of hydrogen-bond donors (Lipinski definition) is 4. The molecule has 11 heteroatoms. The van der Waals surface area contributed by atoms with Crippen LogP contribution in [0.25, 0.3) is 0 Å². The Hall–Kier alpha value is -2.82. The van der Waals surface area contributed by atoms with E-state index in [2.05, 4.69) is 26.4 Å². The lowest BCUT2D eigenvalue weighted by Crippen LogP contribution is -2.37. The number of methoxy groups -OCH3 is 1. The van der Waals surface area contributed by atoms with Gasteiger partial charge in [0, 0.05) is 59.2 Å². The van der Waals surface area contributed by atoms with Crippen molar-refractivity contribution in [3.63, 3.8) is 0 Å². The smallest absolute Gasteiger partial charge is 0.292 e. The lowest BCUT2D eigenvalue weighted by Gasteiger charge is -2.10. The Morgan fingerprint density at radius 3 is 1.87 bits per heavy atom. The third kappa shape index (κ3) is 42.3. The number of β-lactam (4-membered cyclic amide) rings is 1. The van der Waals surface area contributed by atoms with Crippen LogP contribution < -0.4 is 21.7 Å². The van der Waals surface area contributed by atoms with Crippen LogP contribution in [0.1, 0.15) is 59.3 Å². The largest absolute Gasteiger partial charge is 0.471 e. The van der Waals surface area contributed by atoms with E-state index in [1.165, 1.54) is 21.1 Å². The Morgan fingerprint density at radius 1 is 1.13 bits per heavy atom. The first-order valence-corrected chi connectivity index (χ1v) is 9.91. The van der Waals surface area contributed by atoms with Crippen LogP contribution in [-0.4, -0.2) is 70.1 Å². The summed E-state index contributed by atoms with van der Waals surface area (Å²) >= 11 is 0. The molecule has 0 aromatic rings. The molecule has 5 N–H and O–H groups in total. The van der Waals surface area contributed by atoms with Gasteiger partial charge in [-0.05, 0) is 20.4 Å². The van der Waals surface area contributed by atoms with Gasteiger partial charge < -0.3 is 31.2 Å². The second-order valence-electron chi connectivity index (χ2n) is 5.79. The lowest BCUT2D eigenvalue weighted by molar-refractivity contribution is -0.126. The molecular weight excluding hydrogens is 408 g/mol. The molecule has 1 heterocycles. The van der Waals surface area contributed by atoms with Gasteiger partial charge in [-0.25, -0.2) is 0 Å². The zero-order valence-electron chi connectivity index (χ0n) is 19.7. The van der Waals surface area contributed by atoms with Crippen LogP contribution in [0.4, 0.5) is 0 Å².